The molecule has 1 amide bonds. The molecule has 5 heteroatoms. The Kier molecular flexibility index (Phi) is 3.54. The largest absolute Gasteiger partial charge is 0.440 e. The highest BCUT2D eigenvalue weighted by Gasteiger charge is 2.27. The lowest BCUT2D eigenvalue weighted by Gasteiger charge is -2.30. The van der Waals surface area contributed by atoms with E-state index in [1.165, 1.54) is 0 Å². The maximum atomic E-state index is 12.4. The number of para-hydroxylation sites is 2. The number of hydrogen-bond acceptors (Lipinski definition) is 4. The number of likely N-dealkylation sites (tertiary alicyclic amines) is 1. The number of carbonyl (C=O) groups is 1. The van der Waals surface area contributed by atoms with E-state index in [0.717, 1.165) is 42.9 Å². The van der Waals surface area contributed by atoms with Gasteiger partial charge in [0.1, 0.15) is 5.52 Å². The number of piperidine rings is 1. The fraction of sp³-hybridized carbons (Fsp3) is 0.278. The maximum absolute atomic E-state index is 12.4. The fourth-order valence-corrected chi connectivity index (χ4v) is 3.07. The second-order valence-corrected chi connectivity index (χ2v) is 5.82. The van der Waals surface area contributed by atoms with E-state index in [0.29, 0.717) is 5.56 Å². The molecule has 1 saturated heterocycles. The molecular formula is C18H17N3O2. The summed E-state index contributed by atoms with van der Waals surface area (Å²) in [4.78, 5) is 22.9. The Bertz CT molecular complexity index is 787. The molecule has 116 valence electrons. The van der Waals surface area contributed by atoms with E-state index in [9.17, 15) is 4.79 Å². The zero-order valence-corrected chi connectivity index (χ0v) is 12.7. The number of carbonyl (C=O) groups excluding carboxylic acids is 1. The number of oxazole rings is 1. The van der Waals surface area contributed by atoms with Crippen molar-refractivity contribution in [2.75, 3.05) is 13.1 Å². The summed E-state index contributed by atoms with van der Waals surface area (Å²) in [7, 11) is 0. The first-order valence-corrected chi connectivity index (χ1v) is 7.86. The van der Waals surface area contributed by atoms with Crippen LogP contribution in [0.4, 0.5) is 0 Å². The van der Waals surface area contributed by atoms with Gasteiger partial charge >= 0.3 is 0 Å². The molecule has 3 aromatic rings. The third-order valence-corrected chi connectivity index (χ3v) is 4.37. The average Bonchev–Trinajstić information content (AvgIpc) is 3.06. The molecule has 0 spiro atoms. The lowest BCUT2D eigenvalue weighted by molar-refractivity contribution is 0.0706. The number of benzene rings is 1. The molecule has 2 aromatic heterocycles. The van der Waals surface area contributed by atoms with Crippen LogP contribution in [-0.4, -0.2) is 33.9 Å². The summed E-state index contributed by atoms with van der Waals surface area (Å²) in [6.07, 6.45) is 5.06. The Balaban J connectivity index is 1.45. The SMILES string of the molecule is O=C(c1ccncc1)N1CCC(c2nc3ccccc3o2)CC1. The first-order chi connectivity index (χ1) is 11.3. The van der Waals surface area contributed by atoms with Crippen LogP contribution in [0.25, 0.3) is 11.1 Å². The average molecular weight is 307 g/mol. The summed E-state index contributed by atoms with van der Waals surface area (Å²) in [5.74, 6) is 1.15. The van der Waals surface area contributed by atoms with Crippen molar-refractivity contribution in [1.29, 1.82) is 0 Å². The minimum Gasteiger partial charge on any atom is -0.440 e. The van der Waals surface area contributed by atoms with Crippen molar-refractivity contribution in [2.24, 2.45) is 0 Å². The molecule has 0 saturated carbocycles. The second kappa shape index (κ2) is 5.83. The summed E-state index contributed by atoms with van der Waals surface area (Å²) in [5.41, 5.74) is 2.43. The Morgan fingerprint density at radius 3 is 2.57 bits per heavy atom. The molecule has 3 heterocycles. The molecule has 1 aliphatic heterocycles. The lowest BCUT2D eigenvalue weighted by Crippen LogP contribution is -2.38. The number of aromatic nitrogens is 2. The van der Waals surface area contributed by atoms with Crippen LogP contribution in [0.3, 0.4) is 0 Å². The van der Waals surface area contributed by atoms with E-state index in [1.54, 1.807) is 24.5 Å². The Labute approximate surface area is 134 Å². The molecular weight excluding hydrogens is 290 g/mol. The minimum atomic E-state index is 0.0726. The highest BCUT2D eigenvalue weighted by molar-refractivity contribution is 5.94. The van der Waals surface area contributed by atoms with Crippen molar-refractivity contribution >= 4 is 17.0 Å². The number of amides is 1. The standard InChI is InChI=1S/C18H17N3O2/c22-18(14-5-9-19-10-6-14)21-11-7-13(8-12-21)17-20-15-3-1-2-4-16(15)23-17/h1-6,9-10,13H,7-8,11-12H2. The van der Waals surface area contributed by atoms with Crippen LogP contribution >= 0.6 is 0 Å². The second-order valence-electron chi connectivity index (χ2n) is 5.82. The van der Waals surface area contributed by atoms with Crippen molar-refractivity contribution in [3.8, 4) is 0 Å². The molecule has 0 N–H and O–H groups in total. The fourth-order valence-electron chi connectivity index (χ4n) is 3.07. The number of fused-ring (bicyclic) bond motifs is 1. The minimum absolute atomic E-state index is 0.0726. The van der Waals surface area contributed by atoms with Gasteiger partial charge in [-0.25, -0.2) is 4.98 Å². The Hall–Kier alpha value is -2.69. The van der Waals surface area contributed by atoms with Gasteiger partial charge in [-0.1, -0.05) is 12.1 Å². The maximum Gasteiger partial charge on any atom is 0.253 e. The Morgan fingerprint density at radius 2 is 1.83 bits per heavy atom. The van der Waals surface area contributed by atoms with Crippen LogP contribution in [0.15, 0.2) is 53.2 Å². The zero-order chi connectivity index (χ0) is 15.6. The van der Waals surface area contributed by atoms with Gasteiger partial charge in [-0.15, -0.1) is 0 Å². The van der Waals surface area contributed by atoms with Crippen molar-refractivity contribution in [1.82, 2.24) is 14.9 Å². The number of pyridine rings is 1. The quantitative estimate of drug-likeness (QED) is 0.729. The molecule has 1 aromatic carbocycles. The molecule has 0 unspecified atom stereocenters. The van der Waals surface area contributed by atoms with E-state index >= 15 is 0 Å². The first kappa shape index (κ1) is 13.9. The summed E-state index contributed by atoms with van der Waals surface area (Å²) in [5, 5.41) is 0. The van der Waals surface area contributed by atoms with Gasteiger partial charge in [0.15, 0.2) is 11.5 Å². The van der Waals surface area contributed by atoms with E-state index < -0.39 is 0 Å². The molecule has 4 rings (SSSR count). The van der Waals surface area contributed by atoms with E-state index in [-0.39, 0.29) is 11.8 Å². The third-order valence-electron chi connectivity index (χ3n) is 4.37. The third kappa shape index (κ3) is 2.70. The van der Waals surface area contributed by atoms with Gasteiger partial charge in [0.05, 0.1) is 0 Å². The molecule has 1 aliphatic rings. The lowest BCUT2D eigenvalue weighted by atomic mass is 9.96. The van der Waals surface area contributed by atoms with E-state index in [2.05, 4.69) is 9.97 Å². The normalized spacial score (nSPS) is 15.9. The molecule has 23 heavy (non-hydrogen) atoms. The topological polar surface area (TPSA) is 59.2 Å². The number of rotatable bonds is 2. The predicted octanol–water partition coefficient (Wildman–Crippen LogP) is 3.24. The summed E-state index contributed by atoms with van der Waals surface area (Å²) in [6, 6.07) is 11.3. The van der Waals surface area contributed by atoms with Gasteiger partial charge in [-0.3, -0.25) is 9.78 Å². The van der Waals surface area contributed by atoms with Gasteiger partial charge in [0.25, 0.3) is 5.91 Å². The summed E-state index contributed by atoms with van der Waals surface area (Å²) >= 11 is 0. The van der Waals surface area contributed by atoms with Gasteiger partial charge in [0, 0.05) is 37.0 Å². The van der Waals surface area contributed by atoms with E-state index in [1.807, 2.05) is 29.2 Å². The zero-order valence-electron chi connectivity index (χ0n) is 12.7. The van der Waals surface area contributed by atoms with Crippen LogP contribution < -0.4 is 0 Å². The molecule has 1 fully saturated rings. The smallest absolute Gasteiger partial charge is 0.253 e. The van der Waals surface area contributed by atoms with Crippen LogP contribution in [0, 0.1) is 0 Å². The predicted molar refractivity (Wildman–Crippen MR) is 86.1 cm³/mol. The van der Waals surface area contributed by atoms with Crippen LogP contribution in [0.2, 0.25) is 0 Å². The van der Waals surface area contributed by atoms with Crippen LogP contribution in [0.1, 0.15) is 35.0 Å². The van der Waals surface area contributed by atoms with Crippen molar-refractivity contribution < 1.29 is 9.21 Å². The van der Waals surface area contributed by atoms with Crippen LogP contribution in [0.5, 0.6) is 0 Å². The molecule has 0 radical (unpaired) electrons. The van der Waals surface area contributed by atoms with Gasteiger partial charge in [0.2, 0.25) is 0 Å². The van der Waals surface area contributed by atoms with Crippen molar-refractivity contribution in [2.45, 2.75) is 18.8 Å². The molecule has 0 aliphatic carbocycles. The number of hydrogen-bond donors (Lipinski definition) is 0. The summed E-state index contributed by atoms with van der Waals surface area (Å²) in [6.45, 7) is 1.45. The molecule has 5 nitrogen and oxygen atoms in total. The van der Waals surface area contributed by atoms with Crippen LogP contribution in [-0.2, 0) is 0 Å². The van der Waals surface area contributed by atoms with E-state index in [4.69, 9.17) is 4.42 Å². The number of nitrogens with zero attached hydrogens (tertiary/aromatic N) is 3. The van der Waals surface area contributed by atoms with Crippen molar-refractivity contribution in [3.63, 3.8) is 0 Å². The Morgan fingerprint density at radius 1 is 1.09 bits per heavy atom. The highest BCUT2D eigenvalue weighted by atomic mass is 16.3. The van der Waals surface area contributed by atoms with Crippen molar-refractivity contribution in [3.05, 3.63) is 60.2 Å². The van der Waals surface area contributed by atoms with Gasteiger partial charge in [-0.2, -0.15) is 0 Å². The molecule has 0 bridgehead atoms. The highest BCUT2D eigenvalue weighted by Crippen LogP contribution is 2.30. The van der Waals surface area contributed by atoms with Gasteiger partial charge in [-0.05, 0) is 37.1 Å². The first-order valence-electron chi connectivity index (χ1n) is 7.86. The summed E-state index contributed by atoms with van der Waals surface area (Å²) < 4.78 is 5.87. The molecule has 0 atom stereocenters. The van der Waals surface area contributed by atoms with Gasteiger partial charge < -0.3 is 9.32 Å². The monoisotopic (exact) mass is 307 g/mol.